The van der Waals surface area contributed by atoms with Crippen LogP contribution in [0.1, 0.15) is 57.6 Å². The molecule has 1 heterocycles. The highest BCUT2D eigenvalue weighted by molar-refractivity contribution is 6.45. The van der Waals surface area contributed by atoms with Gasteiger partial charge in [-0.2, -0.15) is 0 Å². The van der Waals surface area contributed by atoms with Gasteiger partial charge < -0.3 is 9.31 Å². The fourth-order valence-electron chi connectivity index (χ4n) is 3.80. The Labute approximate surface area is 141 Å². The molecule has 0 bridgehead atoms. The SMILES string of the molecule is Cc1ccccc1[C@@H](CB1OC(C)(C)C(C)(C)O1)[C@@H]1C=CCC1. The van der Waals surface area contributed by atoms with Crippen LogP contribution >= 0.6 is 0 Å². The second-order valence-electron chi connectivity index (χ2n) is 8.05. The van der Waals surface area contributed by atoms with Crippen LogP contribution in [-0.2, 0) is 9.31 Å². The Morgan fingerprint density at radius 1 is 1.13 bits per heavy atom. The maximum atomic E-state index is 6.27. The Hall–Kier alpha value is -1.06. The van der Waals surface area contributed by atoms with E-state index in [4.69, 9.17) is 9.31 Å². The van der Waals surface area contributed by atoms with E-state index in [0.717, 1.165) is 6.32 Å². The van der Waals surface area contributed by atoms with E-state index in [1.807, 2.05) is 0 Å². The van der Waals surface area contributed by atoms with Gasteiger partial charge in [-0.05, 0) is 76.7 Å². The number of hydrogen-bond acceptors (Lipinski definition) is 2. The van der Waals surface area contributed by atoms with Crippen molar-refractivity contribution in [2.75, 3.05) is 0 Å². The van der Waals surface area contributed by atoms with E-state index in [2.05, 4.69) is 71.0 Å². The molecule has 124 valence electrons. The summed E-state index contributed by atoms with van der Waals surface area (Å²) >= 11 is 0. The monoisotopic (exact) mass is 312 g/mol. The normalized spacial score (nSPS) is 26.7. The molecule has 1 saturated heterocycles. The van der Waals surface area contributed by atoms with Crippen molar-refractivity contribution < 1.29 is 9.31 Å². The van der Waals surface area contributed by atoms with Gasteiger partial charge in [0, 0.05) is 0 Å². The van der Waals surface area contributed by atoms with Gasteiger partial charge in [0.25, 0.3) is 0 Å². The number of allylic oxidation sites excluding steroid dienone is 2. The third-order valence-corrected chi connectivity index (χ3v) is 5.90. The third kappa shape index (κ3) is 3.27. The third-order valence-electron chi connectivity index (χ3n) is 5.90. The quantitative estimate of drug-likeness (QED) is 0.566. The van der Waals surface area contributed by atoms with E-state index in [1.54, 1.807) is 0 Å². The Morgan fingerprint density at radius 3 is 2.35 bits per heavy atom. The molecule has 3 heteroatoms. The van der Waals surface area contributed by atoms with Gasteiger partial charge in [0.05, 0.1) is 11.2 Å². The van der Waals surface area contributed by atoms with Gasteiger partial charge in [0.15, 0.2) is 0 Å². The minimum Gasteiger partial charge on any atom is -0.403 e. The first kappa shape index (κ1) is 16.8. The van der Waals surface area contributed by atoms with Crippen LogP contribution in [0.5, 0.6) is 0 Å². The van der Waals surface area contributed by atoms with Crippen molar-refractivity contribution >= 4 is 7.12 Å². The zero-order chi connectivity index (χ0) is 16.7. The fraction of sp³-hybridized carbons (Fsp3) is 0.600. The molecule has 0 unspecified atom stereocenters. The van der Waals surface area contributed by atoms with Crippen LogP contribution in [0.15, 0.2) is 36.4 Å². The summed E-state index contributed by atoms with van der Waals surface area (Å²) in [6.07, 6.45) is 8.06. The number of benzene rings is 1. The van der Waals surface area contributed by atoms with Crippen molar-refractivity contribution in [3.05, 3.63) is 47.5 Å². The summed E-state index contributed by atoms with van der Waals surface area (Å²) in [5.41, 5.74) is 2.31. The summed E-state index contributed by atoms with van der Waals surface area (Å²) in [4.78, 5) is 0. The Kier molecular flexibility index (Phi) is 4.46. The van der Waals surface area contributed by atoms with Crippen molar-refractivity contribution in [1.82, 2.24) is 0 Å². The maximum absolute atomic E-state index is 6.27. The fourth-order valence-corrected chi connectivity index (χ4v) is 3.80. The van der Waals surface area contributed by atoms with Crippen molar-refractivity contribution in [2.45, 2.75) is 70.9 Å². The maximum Gasteiger partial charge on any atom is 0.458 e. The molecule has 0 aromatic heterocycles. The standard InChI is InChI=1S/C20H29BO2/c1-15-10-6-9-13-17(15)18(16-11-7-8-12-16)14-21-22-19(2,3)20(4,5)23-21/h6-7,9-11,13,16,18H,8,12,14H2,1-5H3/t16-,18+/m1/s1. The van der Waals surface area contributed by atoms with Gasteiger partial charge in [0.2, 0.25) is 0 Å². The lowest BCUT2D eigenvalue weighted by molar-refractivity contribution is 0.00578. The van der Waals surface area contributed by atoms with Crippen LogP contribution in [0.3, 0.4) is 0 Å². The van der Waals surface area contributed by atoms with Crippen LogP contribution in [0.25, 0.3) is 0 Å². The summed E-state index contributed by atoms with van der Waals surface area (Å²) in [7, 11) is -0.126. The molecule has 23 heavy (non-hydrogen) atoms. The van der Waals surface area contributed by atoms with Crippen LogP contribution < -0.4 is 0 Å². The van der Waals surface area contributed by atoms with E-state index in [-0.39, 0.29) is 18.3 Å². The Balaban J connectivity index is 1.83. The average Bonchev–Trinajstić information content (AvgIpc) is 3.04. The minimum atomic E-state index is -0.251. The highest BCUT2D eigenvalue weighted by atomic mass is 16.7. The van der Waals surface area contributed by atoms with Crippen LogP contribution in [0.4, 0.5) is 0 Å². The van der Waals surface area contributed by atoms with Crippen molar-refractivity contribution in [3.8, 4) is 0 Å². The van der Waals surface area contributed by atoms with Crippen LogP contribution in [0, 0.1) is 12.8 Å². The lowest BCUT2D eigenvalue weighted by Gasteiger charge is -2.32. The van der Waals surface area contributed by atoms with Crippen LogP contribution in [0.2, 0.25) is 6.32 Å². The Bertz CT molecular complexity index is 575. The number of rotatable bonds is 4. The average molecular weight is 312 g/mol. The van der Waals surface area contributed by atoms with E-state index in [0.29, 0.717) is 11.8 Å². The van der Waals surface area contributed by atoms with Gasteiger partial charge in [-0.1, -0.05) is 36.4 Å². The Morgan fingerprint density at radius 2 is 1.78 bits per heavy atom. The second kappa shape index (κ2) is 6.10. The molecule has 2 aliphatic rings. The summed E-state index contributed by atoms with van der Waals surface area (Å²) in [5.74, 6) is 1.06. The smallest absolute Gasteiger partial charge is 0.403 e. The molecule has 1 aliphatic carbocycles. The lowest BCUT2D eigenvalue weighted by atomic mass is 9.69. The van der Waals surface area contributed by atoms with Crippen molar-refractivity contribution in [1.29, 1.82) is 0 Å². The van der Waals surface area contributed by atoms with Gasteiger partial charge in [-0.15, -0.1) is 0 Å². The van der Waals surface area contributed by atoms with Crippen LogP contribution in [-0.4, -0.2) is 18.3 Å². The zero-order valence-corrected chi connectivity index (χ0v) is 15.1. The molecule has 3 rings (SSSR count). The molecule has 1 fully saturated rings. The lowest BCUT2D eigenvalue weighted by Crippen LogP contribution is -2.41. The van der Waals surface area contributed by atoms with E-state index in [1.165, 1.54) is 24.0 Å². The number of hydrogen-bond donors (Lipinski definition) is 0. The molecule has 2 atom stereocenters. The molecule has 1 aliphatic heterocycles. The first-order valence-electron chi connectivity index (χ1n) is 8.88. The second-order valence-corrected chi connectivity index (χ2v) is 8.05. The molecule has 0 N–H and O–H groups in total. The molecule has 2 nitrogen and oxygen atoms in total. The highest BCUT2D eigenvalue weighted by Gasteiger charge is 2.51. The first-order chi connectivity index (χ1) is 10.8. The predicted molar refractivity (Wildman–Crippen MR) is 96.7 cm³/mol. The van der Waals surface area contributed by atoms with E-state index >= 15 is 0 Å². The predicted octanol–water partition coefficient (Wildman–Crippen LogP) is 5.14. The minimum absolute atomic E-state index is 0.126. The van der Waals surface area contributed by atoms with E-state index < -0.39 is 0 Å². The molecule has 0 spiro atoms. The van der Waals surface area contributed by atoms with Gasteiger partial charge in [-0.25, -0.2) is 0 Å². The molecular formula is C20H29BO2. The summed E-state index contributed by atoms with van der Waals surface area (Å²) in [5, 5.41) is 0. The van der Waals surface area contributed by atoms with Crippen molar-refractivity contribution in [2.24, 2.45) is 5.92 Å². The zero-order valence-electron chi connectivity index (χ0n) is 15.1. The largest absolute Gasteiger partial charge is 0.458 e. The summed E-state index contributed by atoms with van der Waals surface area (Å²) in [6.45, 7) is 10.7. The topological polar surface area (TPSA) is 18.5 Å². The van der Waals surface area contributed by atoms with Gasteiger partial charge >= 0.3 is 7.12 Å². The molecule has 0 saturated carbocycles. The summed E-state index contributed by atoms with van der Waals surface area (Å²) in [6, 6.07) is 8.76. The highest BCUT2D eigenvalue weighted by Crippen LogP contribution is 2.43. The first-order valence-corrected chi connectivity index (χ1v) is 8.88. The molecule has 0 radical (unpaired) electrons. The van der Waals surface area contributed by atoms with Gasteiger partial charge in [-0.3, -0.25) is 0 Å². The molecular weight excluding hydrogens is 283 g/mol. The molecule has 0 amide bonds. The molecule has 1 aromatic rings. The van der Waals surface area contributed by atoms with Gasteiger partial charge in [0.1, 0.15) is 0 Å². The summed E-state index contributed by atoms with van der Waals surface area (Å²) < 4.78 is 12.5. The van der Waals surface area contributed by atoms with Crippen molar-refractivity contribution in [3.63, 3.8) is 0 Å². The number of aryl methyl sites for hydroxylation is 1. The molecule has 1 aromatic carbocycles. The van der Waals surface area contributed by atoms with E-state index in [9.17, 15) is 0 Å².